The number of aromatic nitrogens is 4. The van der Waals surface area contributed by atoms with Gasteiger partial charge in [-0.1, -0.05) is 24.3 Å². The second kappa shape index (κ2) is 16.9. The molecule has 0 fully saturated rings. The Balaban J connectivity index is 1.38. The van der Waals surface area contributed by atoms with E-state index in [4.69, 9.17) is 38.9 Å². The standard InChI is InChI=1S/C48H40N5O8/c1-29(54)58-25-37-9-5-33-21-41(13-17-45(33)49-37)53(42-14-18-46-34(22-42)6-10-38(50-46)26-59-30(2)55,43-15-19-47-35(23-43)7-11-39(51-47)27-60-31(3)56)44-16-20-48-36(24-44)8-12-40(52-48)28-61-32(4)57/h5-24H,25-28H2,1-4H3/q+1. The number of hydrogen-bond donors (Lipinski definition) is 0. The molecule has 4 aromatic heterocycles. The van der Waals surface area contributed by atoms with Crippen LogP contribution in [-0.2, 0) is 64.6 Å². The van der Waals surface area contributed by atoms with Crippen molar-refractivity contribution in [1.29, 1.82) is 0 Å². The molecule has 8 rings (SSSR count). The number of nitrogens with zero attached hydrogens (tertiary/aromatic N) is 5. The van der Waals surface area contributed by atoms with Gasteiger partial charge in [-0.05, 0) is 48.5 Å². The van der Waals surface area contributed by atoms with Crippen LogP contribution in [0.4, 0.5) is 22.7 Å². The second-order valence-corrected chi connectivity index (χ2v) is 14.5. The summed E-state index contributed by atoms with van der Waals surface area (Å²) >= 11 is 0. The van der Waals surface area contributed by atoms with E-state index in [1.54, 1.807) is 0 Å². The maximum Gasteiger partial charge on any atom is 0.303 e. The molecule has 13 nitrogen and oxygen atoms in total. The smallest absolute Gasteiger partial charge is 0.303 e. The quantitative estimate of drug-likeness (QED) is 0.0655. The highest BCUT2D eigenvalue weighted by atomic mass is 16.5. The number of benzene rings is 4. The monoisotopic (exact) mass is 814 g/mol. The largest absolute Gasteiger partial charge is 0.459 e. The second-order valence-electron chi connectivity index (χ2n) is 14.5. The number of ether oxygens (including phenoxy) is 4. The van der Waals surface area contributed by atoms with Gasteiger partial charge in [0.25, 0.3) is 0 Å². The van der Waals surface area contributed by atoms with Crippen molar-refractivity contribution < 1.29 is 38.1 Å². The van der Waals surface area contributed by atoms with E-state index in [-0.39, 0.29) is 54.8 Å². The first-order valence-corrected chi connectivity index (χ1v) is 19.5. The lowest BCUT2D eigenvalue weighted by Crippen LogP contribution is -2.33. The van der Waals surface area contributed by atoms with E-state index in [0.717, 1.165) is 66.4 Å². The van der Waals surface area contributed by atoms with Gasteiger partial charge >= 0.3 is 23.9 Å². The molecule has 0 unspecified atom stereocenters. The fourth-order valence-electron chi connectivity index (χ4n) is 7.37. The van der Waals surface area contributed by atoms with Gasteiger partial charge in [0.2, 0.25) is 0 Å². The highest BCUT2D eigenvalue weighted by molar-refractivity contribution is 5.96. The molecular weight excluding hydrogens is 775 g/mol. The molecule has 0 aliphatic carbocycles. The minimum Gasteiger partial charge on any atom is -0.459 e. The van der Waals surface area contributed by atoms with E-state index < -0.39 is 0 Å². The van der Waals surface area contributed by atoms with Gasteiger partial charge in [-0.2, -0.15) is 4.48 Å². The zero-order valence-corrected chi connectivity index (χ0v) is 33.9. The summed E-state index contributed by atoms with van der Waals surface area (Å²) < 4.78 is 21.0. The zero-order chi connectivity index (χ0) is 42.7. The van der Waals surface area contributed by atoms with Crippen LogP contribution in [0.5, 0.6) is 0 Å². The molecule has 0 radical (unpaired) electrons. The Kier molecular flexibility index (Phi) is 11.1. The van der Waals surface area contributed by atoms with Gasteiger partial charge in [-0.15, -0.1) is 0 Å². The molecule has 0 N–H and O–H groups in total. The molecule has 4 heterocycles. The first-order chi connectivity index (χ1) is 29.4. The highest BCUT2D eigenvalue weighted by Gasteiger charge is 2.40. The summed E-state index contributed by atoms with van der Waals surface area (Å²) in [6, 6.07) is 39.8. The number of pyridine rings is 4. The van der Waals surface area contributed by atoms with E-state index in [1.807, 2.05) is 97.1 Å². The van der Waals surface area contributed by atoms with Crippen LogP contribution in [0.3, 0.4) is 0 Å². The molecule has 0 amide bonds. The molecule has 0 bridgehead atoms. The summed E-state index contributed by atoms with van der Waals surface area (Å²) in [6.45, 7) is 5.70. The van der Waals surface area contributed by atoms with Crippen LogP contribution < -0.4 is 4.48 Å². The lowest BCUT2D eigenvalue weighted by Gasteiger charge is -2.37. The first kappa shape index (κ1) is 40.2. The Morgan fingerprint density at radius 2 is 0.590 bits per heavy atom. The van der Waals surface area contributed by atoms with Crippen LogP contribution in [-0.4, -0.2) is 43.8 Å². The maximum absolute atomic E-state index is 11.6. The number of carbonyl (C=O) groups is 4. The summed E-state index contributed by atoms with van der Waals surface area (Å²) in [5, 5.41) is 3.44. The third kappa shape index (κ3) is 8.59. The molecule has 4 aromatic carbocycles. The van der Waals surface area contributed by atoms with Gasteiger partial charge in [0.15, 0.2) is 0 Å². The van der Waals surface area contributed by atoms with Crippen LogP contribution in [0, 0.1) is 0 Å². The van der Waals surface area contributed by atoms with Crippen LogP contribution in [0.2, 0.25) is 0 Å². The molecule has 0 atom stereocenters. The molecule has 13 heteroatoms. The van der Waals surface area contributed by atoms with Crippen molar-refractivity contribution >= 4 is 90.2 Å². The van der Waals surface area contributed by atoms with Crippen molar-refractivity contribution in [2.24, 2.45) is 0 Å². The van der Waals surface area contributed by atoms with E-state index in [1.165, 1.54) is 27.7 Å². The predicted octanol–water partition coefficient (Wildman–Crippen LogP) is 9.43. The van der Waals surface area contributed by atoms with E-state index in [2.05, 4.69) is 24.3 Å². The van der Waals surface area contributed by atoms with Gasteiger partial charge in [0.1, 0.15) is 49.2 Å². The highest BCUT2D eigenvalue weighted by Crippen LogP contribution is 2.53. The van der Waals surface area contributed by atoms with E-state index >= 15 is 0 Å². The van der Waals surface area contributed by atoms with Crippen molar-refractivity contribution in [2.75, 3.05) is 0 Å². The fraction of sp³-hybridized carbons (Fsp3) is 0.167. The number of hydrogen-bond acceptors (Lipinski definition) is 12. The minimum absolute atomic E-state index is 0.0577. The van der Waals surface area contributed by atoms with Crippen molar-refractivity contribution in [3.63, 3.8) is 0 Å². The molecule has 0 saturated heterocycles. The van der Waals surface area contributed by atoms with Gasteiger partial charge in [-0.3, -0.25) is 19.2 Å². The Hall–Kier alpha value is -7.64. The van der Waals surface area contributed by atoms with Crippen molar-refractivity contribution in [2.45, 2.75) is 54.1 Å². The molecule has 61 heavy (non-hydrogen) atoms. The summed E-state index contributed by atoms with van der Waals surface area (Å²) in [4.78, 5) is 65.6. The summed E-state index contributed by atoms with van der Waals surface area (Å²) in [7, 11) is 0. The topological polar surface area (TPSA) is 157 Å². The molecule has 8 aromatic rings. The molecule has 0 aliphatic heterocycles. The average molecular weight is 815 g/mol. The van der Waals surface area contributed by atoms with E-state index in [9.17, 15) is 19.2 Å². The van der Waals surface area contributed by atoms with Crippen molar-refractivity contribution in [3.8, 4) is 0 Å². The number of carbonyl (C=O) groups excluding carboxylic acids is 4. The van der Waals surface area contributed by atoms with E-state index in [0.29, 0.717) is 22.8 Å². The molecular formula is C48H40N5O8+. The Labute approximate surface area is 350 Å². The minimum atomic E-state index is -0.386. The van der Waals surface area contributed by atoms with Crippen LogP contribution in [0.25, 0.3) is 43.6 Å². The summed E-state index contributed by atoms with van der Waals surface area (Å²) in [5.41, 5.74) is 8.87. The molecule has 0 spiro atoms. The summed E-state index contributed by atoms with van der Waals surface area (Å²) in [6.07, 6.45) is 0. The van der Waals surface area contributed by atoms with Gasteiger partial charge < -0.3 is 18.9 Å². The number of rotatable bonds is 12. The van der Waals surface area contributed by atoms with Crippen LogP contribution >= 0.6 is 0 Å². The third-order valence-corrected chi connectivity index (χ3v) is 10.2. The van der Waals surface area contributed by atoms with Gasteiger partial charge in [0.05, 0.1) is 44.8 Å². The molecule has 304 valence electrons. The molecule has 0 aliphatic rings. The lowest BCUT2D eigenvalue weighted by molar-refractivity contribution is -0.143. The first-order valence-electron chi connectivity index (χ1n) is 19.5. The zero-order valence-electron chi connectivity index (χ0n) is 33.9. The third-order valence-electron chi connectivity index (χ3n) is 10.2. The Morgan fingerprint density at radius 3 is 0.803 bits per heavy atom. The maximum atomic E-state index is 11.6. The lowest BCUT2D eigenvalue weighted by atomic mass is 10.0. The predicted molar refractivity (Wildman–Crippen MR) is 230 cm³/mol. The Bertz CT molecular complexity index is 2630. The summed E-state index contributed by atoms with van der Waals surface area (Å²) in [5.74, 6) is -1.54. The van der Waals surface area contributed by atoms with Crippen LogP contribution in [0.15, 0.2) is 121 Å². The van der Waals surface area contributed by atoms with Gasteiger partial charge in [0, 0.05) is 97.8 Å². The average Bonchev–Trinajstić information content (AvgIpc) is 3.26. The van der Waals surface area contributed by atoms with Crippen molar-refractivity contribution in [1.82, 2.24) is 24.4 Å². The Morgan fingerprint density at radius 1 is 0.361 bits per heavy atom. The SMILES string of the molecule is CC(=O)OCc1ccc2cc([N+](c3ccc4nc(COC(C)=O)ccc4c3)(c3ccc4nc(COC(C)=O)ccc4c3)c3ccc4nc(COC(C)=O)ccc4c3)ccc2n1. The number of fused-ring (bicyclic) bond motifs is 4. The van der Waals surface area contributed by atoms with Gasteiger partial charge in [-0.25, -0.2) is 19.9 Å². The normalized spacial score (nSPS) is 11.5. The van der Waals surface area contributed by atoms with Crippen molar-refractivity contribution in [3.05, 3.63) is 144 Å². The number of esters is 4. The van der Waals surface area contributed by atoms with Crippen LogP contribution in [0.1, 0.15) is 50.5 Å². The fourth-order valence-corrected chi connectivity index (χ4v) is 7.37. The molecule has 0 saturated carbocycles. The number of quaternary nitrogens is 1.